The minimum atomic E-state index is -4.62. The van der Waals surface area contributed by atoms with Gasteiger partial charge in [0.2, 0.25) is 37.8 Å². The van der Waals surface area contributed by atoms with Crippen molar-refractivity contribution in [3.8, 4) is 23.3 Å². The Kier molecular flexibility index (Phi) is 13.5. The molecule has 0 radical (unpaired) electrons. The van der Waals surface area contributed by atoms with E-state index in [1.165, 1.54) is 25.0 Å². The lowest BCUT2D eigenvalue weighted by molar-refractivity contribution is -0.385. The summed E-state index contributed by atoms with van der Waals surface area (Å²) in [6.45, 7) is 0. The van der Waals surface area contributed by atoms with Gasteiger partial charge in [-0.2, -0.15) is 31.6 Å². The number of nitrogens with zero attached hydrogens (tertiary/aromatic N) is 4. The molecule has 3 amide bonds. The van der Waals surface area contributed by atoms with Gasteiger partial charge in [-0.3, -0.25) is 20.2 Å². The van der Waals surface area contributed by atoms with E-state index in [1.54, 1.807) is 4.72 Å². The fourth-order valence-electron chi connectivity index (χ4n) is 3.19. The van der Waals surface area contributed by atoms with Gasteiger partial charge in [0, 0.05) is 19.2 Å². The molecule has 0 aliphatic heterocycles. The van der Waals surface area contributed by atoms with E-state index in [4.69, 9.17) is 25.8 Å². The van der Waals surface area contributed by atoms with Gasteiger partial charge in [-0.25, -0.2) is 31.1 Å². The number of sulfonamides is 2. The molecule has 0 bridgehead atoms. The number of nitrogens with one attached hydrogen (secondary N) is 3. The van der Waals surface area contributed by atoms with Crippen molar-refractivity contribution < 1.29 is 67.1 Å². The van der Waals surface area contributed by atoms with Crippen LogP contribution in [0.1, 0.15) is 15.9 Å². The van der Waals surface area contributed by atoms with Crippen molar-refractivity contribution >= 4 is 65.4 Å². The third kappa shape index (κ3) is 12.7. The maximum atomic E-state index is 12.7. The molecule has 1 aromatic heterocycles. The van der Waals surface area contributed by atoms with Crippen LogP contribution in [-0.4, -0.2) is 89.6 Å². The largest absolute Gasteiger partial charge is 0.481 e. The number of urea groups is 1. The van der Waals surface area contributed by atoms with Gasteiger partial charge in [0.15, 0.2) is 0 Å². The second-order valence-corrected chi connectivity index (χ2v) is 15.5. The van der Waals surface area contributed by atoms with Gasteiger partial charge < -0.3 is 14.2 Å². The number of anilines is 1. The summed E-state index contributed by atoms with van der Waals surface area (Å²) in [5, 5.41) is 12.7. The topological polar surface area (TPSA) is 272 Å². The van der Waals surface area contributed by atoms with Crippen LogP contribution in [-0.2, 0) is 36.4 Å². The molecule has 280 valence electrons. The van der Waals surface area contributed by atoms with Crippen LogP contribution in [0, 0.1) is 10.1 Å². The fourth-order valence-corrected chi connectivity index (χ4v) is 5.80. The predicted octanol–water partition coefficient (Wildman–Crippen LogP) is 2.50. The van der Waals surface area contributed by atoms with Crippen LogP contribution >= 0.6 is 11.6 Å². The first-order valence-electron chi connectivity index (χ1n) is 12.9. The first kappa shape index (κ1) is 42.1. The van der Waals surface area contributed by atoms with E-state index in [0.717, 1.165) is 31.3 Å². The monoisotopic (exact) mass is 807 g/mol. The highest BCUT2D eigenvalue weighted by molar-refractivity contribution is 8.03. The number of hydrogen-bond acceptors (Lipinski definition) is 15. The molecule has 1 heterocycles. The Bertz CT molecular complexity index is 2130. The summed E-state index contributed by atoms with van der Waals surface area (Å²) in [6, 6.07) is 5.15. The number of carbonyl (C=O) groups is 2. The van der Waals surface area contributed by atoms with Gasteiger partial charge in [-0.1, -0.05) is 15.3 Å². The van der Waals surface area contributed by atoms with E-state index in [-0.39, 0.29) is 32.9 Å². The Morgan fingerprint density at radius 2 is 1.49 bits per heavy atom. The number of rotatable bonds is 11. The summed E-state index contributed by atoms with van der Waals surface area (Å²) in [7, 11) is -9.27. The molecule has 3 aromatic rings. The third-order valence-electron chi connectivity index (χ3n) is 5.52. The van der Waals surface area contributed by atoms with E-state index in [2.05, 4.69) is 9.97 Å². The maximum Gasteiger partial charge on any atom is 0.416 e. The summed E-state index contributed by atoms with van der Waals surface area (Å²) < 4.78 is 124. The highest BCUT2D eigenvalue weighted by Gasteiger charge is 2.31. The Morgan fingerprint density at radius 3 is 1.94 bits per heavy atom. The number of aromatic nitrogens is 2. The Labute approximate surface area is 292 Å². The fraction of sp³-hybridized carbons (Fsp3) is 0.250. The molecule has 0 atom stereocenters. The lowest BCUT2D eigenvalue weighted by atomic mass is 10.1. The third-order valence-corrected chi connectivity index (χ3v) is 9.83. The van der Waals surface area contributed by atoms with Crippen LogP contribution in [0.3, 0.4) is 0 Å². The van der Waals surface area contributed by atoms with E-state index < -0.39 is 75.1 Å². The van der Waals surface area contributed by atoms with E-state index >= 15 is 0 Å². The molecule has 51 heavy (non-hydrogen) atoms. The number of halogens is 4. The number of hydrogen-bond donors (Lipinski definition) is 3. The number of benzene rings is 2. The van der Waals surface area contributed by atoms with Crippen molar-refractivity contribution in [3.05, 3.63) is 68.7 Å². The van der Waals surface area contributed by atoms with Gasteiger partial charge >= 0.3 is 22.4 Å². The first-order chi connectivity index (χ1) is 23.3. The van der Waals surface area contributed by atoms with E-state index in [1.807, 2.05) is 5.32 Å². The molecule has 0 saturated heterocycles. The van der Waals surface area contributed by atoms with Crippen LogP contribution in [0.4, 0.5) is 29.6 Å². The number of amides is 3. The second-order valence-electron chi connectivity index (χ2n) is 9.36. The molecule has 27 heteroatoms. The van der Waals surface area contributed by atoms with Crippen LogP contribution in [0.2, 0.25) is 5.02 Å². The first-order valence-corrected chi connectivity index (χ1v) is 18.4. The van der Waals surface area contributed by atoms with E-state index in [0.29, 0.717) is 24.6 Å². The number of alkyl halides is 3. The van der Waals surface area contributed by atoms with Crippen molar-refractivity contribution in [2.45, 2.75) is 6.18 Å². The molecule has 0 aliphatic carbocycles. The average Bonchev–Trinajstić information content (AvgIpc) is 2.99. The number of nitro groups is 1. The summed E-state index contributed by atoms with van der Waals surface area (Å²) in [5.74, 6) is -1.87. The minimum absolute atomic E-state index is 0.00654. The van der Waals surface area contributed by atoms with Crippen molar-refractivity contribution in [1.29, 1.82) is 0 Å². The molecule has 0 saturated carbocycles. The number of ether oxygens (including phenoxy) is 3. The molecular weight excluding hydrogens is 783 g/mol. The zero-order valence-electron chi connectivity index (χ0n) is 26.4. The normalized spacial score (nSPS) is 11.8. The molecule has 0 fully saturated rings. The van der Waals surface area contributed by atoms with Crippen LogP contribution in [0.25, 0.3) is 0 Å². The van der Waals surface area contributed by atoms with Gasteiger partial charge in [0.05, 0.1) is 48.3 Å². The Hall–Kier alpha value is -5.05. The van der Waals surface area contributed by atoms with Gasteiger partial charge in [-0.05, 0) is 24.3 Å². The number of methoxy groups -OCH3 is 2. The molecular formula is C24H25ClF3N7O13S3. The number of carbonyl (C=O) groups excluding carboxylic acids is 2. The van der Waals surface area contributed by atoms with Crippen LogP contribution in [0.15, 0.2) is 42.5 Å². The second kappa shape index (κ2) is 16.3. The predicted molar refractivity (Wildman–Crippen MR) is 171 cm³/mol. The van der Waals surface area contributed by atoms with Crippen molar-refractivity contribution in [3.63, 3.8) is 0 Å². The minimum Gasteiger partial charge on any atom is -0.481 e. The Morgan fingerprint density at radius 1 is 0.922 bits per heavy atom. The highest BCUT2D eigenvalue weighted by Crippen LogP contribution is 2.37. The highest BCUT2D eigenvalue weighted by atomic mass is 35.5. The molecule has 20 nitrogen and oxygen atoms in total. The summed E-state index contributed by atoms with van der Waals surface area (Å²) >= 11 is 5.76. The van der Waals surface area contributed by atoms with Crippen LogP contribution in [0.5, 0.6) is 23.3 Å². The molecule has 3 rings (SSSR count). The molecule has 3 N–H and O–H groups in total. The lowest BCUT2D eigenvalue weighted by Crippen LogP contribution is -2.45. The van der Waals surface area contributed by atoms with Crippen molar-refractivity contribution in [2.24, 2.45) is 0 Å². The van der Waals surface area contributed by atoms with Gasteiger partial charge in [0.25, 0.3) is 11.6 Å². The average molecular weight is 808 g/mol. The summed E-state index contributed by atoms with van der Waals surface area (Å²) in [5.41, 5.74) is -2.34. The van der Waals surface area contributed by atoms with Crippen LogP contribution < -0.4 is 29.0 Å². The van der Waals surface area contributed by atoms with E-state index in [9.17, 15) is 58.1 Å². The zero-order chi connectivity index (χ0) is 39.1. The van der Waals surface area contributed by atoms with Gasteiger partial charge in [-0.15, -0.1) is 0 Å². The maximum absolute atomic E-state index is 12.7. The van der Waals surface area contributed by atoms with Crippen molar-refractivity contribution in [1.82, 2.24) is 23.1 Å². The zero-order valence-corrected chi connectivity index (χ0v) is 29.6. The number of nitro benzene ring substituents is 1. The quantitative estimate of drug-likeness (QED) is 0.185. The van der Waals surface area contributed by atoms with Crippen molar-refractivity contribution in [2.75, 3.05) is 39.1 Å². The summed E-state index contributed by atoms with van der Waals surface area (Å²) in [6.07, 6.45) is -3.27. The van der Waals surface area contributed by atoms with Gasteiger partial charge in [0.1, 0.15) is 17.1 Å². The standard InChI is InChI=1S/C15H10ClF3N2O6S.C9H15N5O7S2/c1-28(25,26)20-14(22)10-7-9(3-4-12(10)21(23)24)27-13-5-2-8(6-11(13)16)15(17,18)19;1-14(22(4,16)17)23(18,19)13-9(15)12-8-10-6(20-2)5-7(11-8)21-3/h2-7H,1H3,(H,20,22);5H,1-4H3,(H2,10,11,12,13,15). The lowest BCUT2D eigenvalue weighted by Gasteiger charge is -2.15. The summed E-state index contributed by atoms with van der Waals surface area (Å²) in [4.78, 5) is 41.3. The SMILES string of the molecule is COc1cc(OC)nc(NC(=O)NS(=O)(=O)N(C)S(C)(=O)=O)n1.CS(=O)(=O)NC(=O)c1cc(Oc2ccc(C(F)(F)F)cc2Cl)ccc1[N+](=O)[O-]. The Balaban J connectivity index is 0.000000361. The smallest absolute Gasteiger partial charge is 0.416 e. The molecule has 2 aromatic carbocycles. The molecule has 0 aliphatic rings. The molecule has 0 unspecified atom stereocenters. The molecule has 0 spiro atoms.